The molecule has 0 amide bonds. The number of ether oxygens (including phenoxy) is 1. The molecule has 0 aliphatic carbocycles. The SMILES string of the molecule is COC(=O)c1nn(-c2ccc3sccc3c2)cc(C)c1=O. The van der Waals surface area contributed by atoms with E-state index in [9.17, 15) is 9.59 Å². The van der Waals surface area contributed by atoms with E-state index < -0.39 is 11.4 Å². The van der Waals surface area contributed by atoms with E-state index in [-0.39, 0.29) is 5.69 Å². The third-order valence-electron chi connectivity index (χ3n) is 3.18. The Balaban J connectivity index is 2.19. The molecule has 5 nitrogen and oxygen atoms in total. The van der Waals surface area contributed by atoms with Gasteiger partial charge in [0.15, 0.2) is 0 Å². The van der Waals surface area contributed by atoms with Crippen LogP contribution >= 0.6 is 11.3 Å². The first-order valence-corrected chi connectivity index (χ1v) is 7.14. The zero-order chi connectivity index (χ0) is 15.0. The second-order valence-electron chi connectivity index (χ2n) is 4.57. The number of hydrogen-bond acceptors (Lipinski definition) is 5. The monoisotopic (exact) mass is 300 g/mol. The van der Waals surface area contributed by atoms with E-state index in [1.807, 2.05) is 29.6 Å². The summed E-state index contributed by atoms with van der Waals surface area (Å²) in [6.07, 6.45) is 1.61. The summed E-state index contributed by atoms with van der Waals surface area (Å²) in [5, 5.41) is 7.20. The molecule has 0 saturated heterocycles. The molecule has 0 aliphatic heterocycles. The van der Waals surface area contributed by atoms with Crippen LogP contribution in [0.25, 0.3) is 15.8 Å². The Morgan fingerprint density at radius 1 is 1.33 bits per heavy atom. The van der Waals surface area contributed by atoms with Gasteiger partial charge in [-0.2, -0.15) is 5.10 Å². The van der Waals surface area contributed by atoms with Crippen LogP contribution in [0.15, 0.2) is 40.6 Å². The van der Waals surface area contributed by atoms with Crippen molar-refractivity contribution in [2.24, 2.45) is 0 Å². The van der Waals surface area contributed by atoms with E-state index in [1.54, 1.807) is 24.5 Å². The number of aromatic nitrogens is 2. The van der Waals surface area contributed by atoms with Gasteiger partial charge in [-0.25, -0.2) is 9.48 Å². The average molecular weight is 300 g/mol. The van der Waals surface area contributed by atoms with E-state index in [1.165, 1.54) is 16.5 Å². The molecule has 0 aliphatic rings. The van der Waals surface area contributed by atoms with Gasteiger partial charge in [0, 0.05) is 16.5 Å². The normalized spacial score (nSPS) is 10.8. The van der Waals surface area contributed by atoms with Gasteiger partial charge in [0.25, 0.3) is 0 Å². The number of carbonyl (C=O) groups excluding carboxylic acids is 1. The average Bonchev–Trinajstić information content (AvgIpc) is 2.96. The zero-order valence-corrected chi connectivity index (χ0v) is 12.3. The van der Waals surface area contributed by atoms with Gasteiger partial charge >= 0.3 is 5.97 Å². The fourth-order valence-corrected chi connectivity index (χ4v) is 2.84. The van der Waals surface area contributed by atoms with Crippen molar-refractivity contribution in [1.82, 2.24) is 9.78 Å². The van der Waals surface area contributed by atoms with Crippen LogP contribution in [-0.4, -0.2) is 22.9 Å². The first kappa shape index (κ1) is 13.5. The lowest BCUT2D eigenvalue weighted by molar-refractivity contribution is 0.0590. The van der Waals surface area contributed by atoms with E-state index in [0.717, 1.165) is 11.1 Å². The van der Waals surface area contributed by atoms with Crippen molar-refractivity contribution >= 4 is 27.4 Å². The van der Waals surface area contributed by atoms with Crippen LogP contribution in [0.1, 0.15) is 16.1 Å². The number of rotatable bonds is 2. The van der Waals surface area contributed by atoms with Crippen LogP contribution in [0.3, 0.4) is 0 Å². The minimum absolute atomic E-state index is 0.206. The first-order chi connectivity index (χ1) is 10.1. The second-order valence-corrected chi connectivity index (χ2v) is 5.52. The molecule has 2 aromatic heterocycles. The molecule has 0 fully saturated rings. The maximum Gasteiger partial charge on any atom is 0.362 e. The fraction of sp³-hybridized carbons (Fsp3) is 0.133. The summed E-state index contributed by atoms with van der Waals surface area (Å²) in [6.45, 7) is 1.65. The van der Waals surface area contributed by atoms with Crippen molar-refractivity contribution in [3.63, 3.8) is 0 Å². The van der Waals surface area contributed by atoms with Crippen LogP contribution in [0.2, 0.25) is 0 Å². The number of thiophene rings is 1. The van der Waals surface area contributed by atoms with Crippen molar-refractivity contribution < 1.29 is 9.53 Å². The minimum atomic E-state index is -0.728. The summed E-state index contributed by atoms with van der Waals surface area (Å²) in [5.74, 6) is -0.728. The molecule has 106 valence electrons. The molecule has 1 aromatic carbocycles. The molecule has 0 atom stereocenters. The van der Waals surface area contributed by atoms with Gasteiger partial charge in [-0.1, -0.05) is 0 Å². The summed E-state index contributed by atoms with van der Waals surface area (Å²) in [5.41, 5.74) is 0.614. The largest absolute Gasteiger partial charge is 0.464 e. The van der Waals surface area contributed by atoms with E-state index in [2.05, 4.69) is 9.84 Å². The Bertz CT molecular complexity index is 895. The van der Waals surface area contributed by atoms with Crippen LogP contribution in [0.5, 0.6) is 0 Å². The Kier molecular flexibility index (Phi) is 3.31. The van der Waals surface area contributed by atoms with E-state index >= 15 is 0 Å². The maximum absolute atomic E-state index is 11.9. The number of hydrogen-bond donors (Lipinski definition) is 0. The van der Waals surface area contributed by atoms with Crippen molar-refractivity contribution in [2.45, 2.75) is 6.92 Å². The summed E-state index contributed by atoms with van der Waals surface area (Å²) in [6, 6.07) is 7.86. The molecule has 0 spiro atoms. The van der Waals surface area contributed by atoms with Crippen LogP contribution in [-0.2, 0) is 4.74 Å². The molecule has 0 saturated carbocycles. The predicted octanol–water partition coefficient (Wildman–Crippen LogP) is 2.54. The molecular weight excluding hydrogens is 288 g/mol. The molecular formula is C15H12N2O3S. The molecule has 0 unspecified atom stereocenters. The Morgan fingerprint density at radius 2 is 2.14 bits per heavy atom. The lowest BCUT2D eigenvalue weighted by Gasteiger charge is -2.08. The number of fused-ring (bicyclic) bond motifs is 1. The van der Waals surface area contributed by atoms with Crippen molar-refractivity contribution in [3.05, 3.63) is 57.3 Å². The third kappa shape index (κ3) is 2.34. The molecule has 3 rings (SSSR count). The zero-order valence-electron chi connectivity index (χ0n) is 11.5. The maximum atomic E-state index is 11.9. The van der Waals surface area contributed by atoms with Crippen LogP contribution in [0.4, 0.5) is 0 Å². The third-order valence-corrected chi connectivity index (χ3v) is 4.07. The highest BCUT2D eigenvalue weighted by molar-refractivity contribution is 7.17. The van der Waals surface area contributed by atoms with E-state index in [0.29, 0.717) is 5.56 Å². The molecule has 21 heavy (non-hydrogen) atoms. The Labute approximate surface area is 124 Å². The smallest absolute Gasteiger partial charge is 0.362 e. The lowest BCUT2D eigenvalue weighted by Crippen LogP contribution is -2.24. The van der Waals surface area contributed by atoms with Crippen molar-refractivity contribution in [1.29, 1.82) is 0 Å². The van der Waals surface area contributed by atoms with Crippen LogP contribution < -0.4 is 5.43 Å². The quantitative estimate of drug-likeness (QED) is 0.682. The standard InChI is InChI=1S/C15H12N2O3S/c1-9-8-17(16-13(14(9)18)15(19)20-2)11-3-4-12-10(7-11)5-6-21-12/h3-8H,1-2H3. The number of esters is 1. The van der Waals surface area contributed by atoms with Gasteiger partial charge in [0.2, 0.25) is 11.1 Å². The molecule has 3 aromatic rings. The molecule has 2 heterocycles. The minimum Gasteiger partial charge on any atom is -0.464 e. The predicted molar refractivity (Wildman–Crippen MR) is 81.3 cm³/mol. The Hall–Kier alpha value is -2.47. The van der Waals surface area contributed by atoms with Crippen molar-refractivity contribution in [3.8, 4) is 5.69 Å². The summed E-state index contributed by atoms with van der Waals surface area (Å²) in [7, 11) is 1.23. The molecule has 6 heteroatoms. The highest BCUT2D eigenvalue weighted by Crippen LogP contribution is 2.23. The highest BCUT2D eigenvalue weighted by Gasteiger charge is 2.16. The van der Waals surface area contributed by atoms with Gasteiger partial charge in [-0.15, -0.1) is 11.3 Å². The summed E-state index contributed by atoms with van der Waals surface area (Å²) >= 11 is 1.65. The number of carbonyl (C=O) groups is 1. The summed E-state index contributed by atoms with van der Waals surface area (Å²) < 4.78 is 7.31. The van der Waals surface area contributed by atoms with Gasteiger partial charge in [-0.05, 0) is 42.0 Å². The molecule has 0 N–H and O–H groups in total. The van der Waals surface area contributed by atoms with Gasteiger partial charge in [0.05, 0.1) is 12.8 Å². The Morgan fingerprint density at radius 3 is 2.90 bits per heavy atom. The van der Waals surface area contributed by atoms with E-state index in [4.69, 9.17) is 0 Å². The van der Waals surface area contributed by atoms with Gasteiger partial charge in [-0.3, -0.25) is 4.79 Å². The fourth-order valence-electron chi connectivity index (χ4n) is 2.07. The second kappa shape index (κ2) is 5.14. The number of benzene rings is 1. The topological polar surface area (TPSA) is 61.2 Å². The first-order valence-electron chi connectivity index (χ1n) is 6.26. The lowest BCUT2D eigenvalue weighted by atomic mass is 10.2. The number of methoxy groups -OCH3 is 1. The van der Waals surface area contributed by atoms with Gasteiger partial charge in [0.1, 0.15) is 0 Å². The number of aryl methyl sites for hydroxylation is 1. The van der Waals surface area contributed by atoms with Crippen molar-refractivity contribution in [2.75, 3.05) is 7.11 Å². The molecule has 0 bridgehead atoms. The highest BCUT2D eigenvalue weighted by atomic mass is 32.1. The molecule has 0 radical (unpaired) electrons. The van der Waals surface area contributed by atoms with Crippen LogP contribution in [0, 0.1) is 6.92 Å². The van der Waals surface area contributed by atoms with Gasteiger partial charge < -0.3 is 4.74 Å². The number of nitrogens with zero attached hydrogens (tertiary/aromatic N) is 2. The summed E-state index contributed by atoms with van der Waals surface area (Å²) in [4.78, 5) is 23.6.